The van der Waals surface area contributed by atoms with Crippen LogP contribution < -0.4 is 5.32 Å². The topological polar surface area (TPSA) is 15.3 Å². The second kappa shape index (κ2) is 8.97. The Bertz CT molecular complexity index is 217. The number of nitrogens with zero attached hydrogens (tertiary/aromatic N) is 1. The Morgan fingerprint density at radius 2 is 1.68 bits per heavy atom. The van der Waals surface area contributed by atoms with Gasteiger partial charge in [0.05, 0.1) is 0 Å². The molecule has 0 unspecified atom stereocenters. The molecule has 1 N–H and O–H groups in total. The van der Waals surface area contributed by atoms with E-state index in [2.05, 4.69) is 38.0 Å². The molecule has 114 valence electrons. The highest BCUT2D eigenvalue weighted by atomic mass is 15.1. The standard InChI is InChI=1S/C17H36N2/c1-5-13-18-14-17(11-9-8-10-12-17)15-19(4)16(6-2)7-3/h16,18H,5-15H2,1-4H3. The SMILES string of the molecule is CCCNCC1(CN(C)C(CC)CC)CCCCC1. The third-order valence-electron chi connectivity index (χ3n) is 4.99. The Kier molecular flexibility index (Phi) is 8.01. The number of rotatable bonds is 9. The van der Waals surface area contributed by atoms with Crippen molar-refractivity contribution < 1.29 is 0 Å². The molecule has 0 heterocycles. The van der Waals surface area contributed by atoms with Crippen molar-refractivity contribution >= 4 is 0 Å². The molecular formula is C17H36N2. The molecule has 2 nitrogen and oxygen atoms in total. The van der Waals surface area contributed by atoms with Gasteiger partial charge in [-0.2, -0.15) is 0 Å². The van der Waals surface area contributed by atoms with Gasteiger partial charge in [0.15, 0.2) is 0 Å². The maximum atomic E-state index is 3.70. The molecule has 1 aliphatic rings. The first-order valence-corrected chi connectivity index (χ1v) is 8.58. The molecule has 0 atom stereocenters. The Hall–Kier alpha value is -0.0800. The van der Waals surface area contributed by atoms with Gasteiger partial charge in [0.1, 0.15) is 0 Å². The molecule has 0 saturated heterocycles. The fourth-order valence-electron chi connectivity index (χ4n) is 3.79. The fraction of sp³-hybridized carbons (Fsp3) is 1.00. The van der Waals surface area contributed by atoms with Crippen LogP contribution in [0.5, 0.6) is 0 Å². The second-order valence-electron chi connectivity index (χ2n) is 6.62. The normalized spacial score (nSPS) is 19.3. The van der Waals surface area contributed by atoms with Gasteiger partial charge in [-0.05, 0) is 51.1 Å². The van der Waals surface area contributed by atoms with Crippen LogP contribution >= 0.6 is 0 Å². The number of nitrogens with one attached hydrogen (secondary N) is 1. The predicted octanol–water partition coefficient (Wildman–Crippen LogP) is 4.06. The van der Waals surface area contributed by atoms with Crippen LogP contribution in [0.25, 0.3) is 0 Å². The molecule has 0 aromatic heterocycles. The first kappa shape index (κ1) is 17.0. The van der Waals surface area contributed by atoms with Gasteiger partial charge in [-0.15, -0.1) is 0 Å². The summed E-state index contributed by atoms with van der Waals surface area (Å²) in [6.07, 6.45) is 11.0. The van der Waals surface area contributed by atoms with E-state index in [0.717, 1.165) is 6.04 Å². The molecule has 1 aliphatic carbocycles. The zero-order valence-electron chi connectivity index (χ0n) is 13.8. The van der Waals surface area contributed by atoms with E-state index in [4.69, 9.17) is 0 Å². The van der Waals surface area contributed by atoms with E-state index in [1.54, 1.807) is 0 Å². The number of hydrogen-bond donors (Lipinski definition) is 1. The summed E-state index contributed by atoms with van der Waals surface area (Å²) < 4.78 is 0. The second-order valence-corrected chi connectivity index (χ2v) is 6.62. The largest absolute Gasteiger partial charge is 0.316 e. The first-order valence-electron chi connectivity index (χ1n) is 8.58. The van der Waals surface area contributed by atoms with Crippen molar-refractivity contribution in [1.82, 2.24) is 10.2 Å². The summed E-state index contributed by atoms with van der Waals surface area (Å²) in [6.45, 7) is 10.6. The minimum absolute atomic E-state index is 0.546. The lowest BCUT2D eigenvalue weighted by atomic mass is 9.73. The average Bonchev–Trinajstić information content (AvgIpc) is 2.41. The highest BCUT2D eigenvalue weighted by Crippen LogP contribution is 2.37. The zero-order valence-corrected chi connectivity index (χ0v) is 13.8. The minimum Gasteiger partial charge on any atom is -0.316 e. The third kappa shape index (κ3) is 5.43. The van der Waals surface area contributed by atoms with Crippen molar-refractivity contribution in [3.63, 3.8) is 0 Å². The van der Waals surface area contributed by atoms with E-state index >= 15 is 0 Å². The molecule has 0 bridgehead atoms. The van der Waals surface area contributed by atoms with Crippen molar-refractivity contribution in [2.45, 2.75) is 78.2 Å². The minimum atomic E-state index is 0.546. The van der Waals surface area contributed by atoms with Gasteiger partial charge in [-0.25, -0.2) is 0 Å². The van der Waals surface area contributed by atoms with Gasteiger partial charge >= 0.3 is 0 Å². The quantitative estimate of drug-likeness (QED) is 0.635. The van der Waals surface area contributed by atoms with Gasteiger partial charge in [-0.1, -0.05) is 40.0 Å². The summed E-state index contributed by atoms with van der Waals surface area (Å²) in [7, 11) is 2.34. The van der Waals surface area contributed by atoms with Gasteiger partial charge in [0.25, 0.3) is 0 Å². The molecule has 0 radical (unpaired) electrons. The molecule has 19 heavy (non-hydrogen) atoms. The fourth-order valence-corrected chi connectivity index (χ4v) is 3.79. The van der Waals surface area contributed by atoms with Crippen molar-refractivity contribution in [2.24, 2.45) is 5.41 Å². The molecule has 0 amide bonds. The monoisotopic (exact) mass is 268 g/mol. The Morgan fingerprint density at radius 1 is 1.05 bits per heavy atom. The molecule has 0 aromatic rings. The van der Waals surface area contributed by atoms with E-state index in [9.17, 15) is 0 Å². The Labute approximate surface area is 121 Å². The summed E-state index contributed by atoms with van der Waals surface area (Å²) >= 11 is 0. The smallest absolute Gasteiger partial charge is 0.00872 e. The maximum absolute atomic E-state index is 3.70. The van der Waals surface area contributed by atoms with Crippen LogP contribution in [0, 0.1) is 5.41 Å². The summed E-state index contributed by atoms with van der Waals surface area (Å²) in [5.74, 6) is 0. The van der Waals surface area contributed by atoms with Crippen LogP contribution in [0.3, 0.4) is 0 Å². The summed E-state index contributed by atoms with van der Waals surface area (Å²) in [6, 6.07) is 0.768. The van der Waals surface area contributed by atoms with E-state index in [1.807, 2.05) is 0 Å². The highest BCUT2D eigenvalue weighted by molar-refractivity contribution is 4.88. The van der Waals surface area contributed by atoms with Gasteiger partial charge in [-0.3, -0.25) is 0 Å². The lowest BCUT2D eigenvalue weighted by Gasteiger charge is -2.42. The van der Waals surface area contributed by atoms with Gasteiger partial charge < -0.3 is 10.2 Å². The van der Waals surface area contributed by atoms with Crippen molar-refractivity contribution in [3.8, 4) is 0 Å². The lowest BCUT2D eigenvalue weighted by Crippen LogP contribution is -2.47. The summed E-state index contributed by atoms with van der Waals surface area (Å²) in [5.41, 5.74) is 0.546. The van der Waals surface area contributed by atoms with Crippen molar-refractivity contribution in [1.29, 1.82) is 0 Å². The van der Waals surface area contributed by atoms with Crippen LogP contribution in [0.2, 0.25) is 0 Å². The van der Waals surface area contributed by atoms with E-state index in [0.29, 0.717) is 5.41 Å². The summed E-state index contributed by atoms with van der Waals surface area (Å²) in [4.78, 5) is 2.64. The van der Waals surface area contributed by atoms with Crippen LogP contribution in [-0.2, 0) is 0 Å². The molecule has 2 heteroatoms. The van der Waals surface area contributed by atoms with Gasteiger partial charge in [0, 0.05) is 19.1 Å². The highest BCUT2D eigenvalue weighted by Gasteiger charge is 2.33. The van der Waals surface area contributed by atoms with E-state index < -0.39 is 0 Å². The molecule has 0 aromatic carbocycles. The van der Waals surface area contributed by atoms with Crippen LogP contribution in [0.4, 0.5) is 0 Å². The number of hydrogen-bond acceptors (Lipinski definition) is 2. The lowest BCUT2D eigenvalue weighted by molar-refractivity contribution is 0.0898. The summed E-state index contributed by atoms with van der Waals surface area (Å²) in [5, 5.41) is 3.70. The molecule has 1 fully saturated rings. The van der Waals surface area contributed by atoms with Crippen LogP contribution in [0.1, 0.15) is 72.1 Å². The predicted molar refractivity (Wildman–Crippen MR) is 85.7 cm³/mol. The molecular weight excluding hydrogens is 232 g/mol. The molecule has 1 rings (SSSR count). The van der Waals surface area contributed by atoms with E-state index in [-0.39, 0.29) is 0 Å². The van der Waals surface area contributed by atoms with E-state index in [1.165, 1.54) is 71.0 Å². The zero-order chi connectivity index (χ0) is 14.1. The maximum Gasteiger partial charge on any atom is 0.00872 e. The molecule has 0 spiro atoms. The Morgan fingerprint density at radius 3 is 2.21 bits per heavy atom. The Balaban J connectivity index is 2.57. The first-order chi connectivity index (χ1) is 9.17. The van der Waals surface area contributed by atoms with Crippen LogP contribution in [-0.4, -0.2) is 37.6 Å². The third-order valence-corrected chi connectivity index (χ3v) is 4.99. The average molecular weight is 268 g/mol. The molecule has 1 saturated carbocycles. The van der Waals surface area contributed by atoms with Gasteiger partial charge in [0.2, 0.25) is 0 Å². The van der Waals surface area contributed by atoms with Crippen molar-refractivity contribution in [2.75, 3.05) is 26.7 Å². The van der Waals surface area contributed by atoms with Crippen molar-refractivity contribution in [3.05, 3.63) is 0 Å². The molecule has 0 aliphatic heterocycles. The van der Waals surface area contributed by atoms with Crippen LogP contribution in [0.15, 0.2) is 0 Å².